The van der Waals surface area contributed by atoms with Gasteiger partial charge in [-0.2, -0.15) is 5.26 Å². The average Bonchev–Trinajstić information content (AvgIpc) is 3.60. The van der Waals surface area contributed by atoms with Gasteiger partial charge in [-0.05, 0) is 55.8 Å². The number of carbonyl (C=O) groups excluding carboxylic acids is 2. The number of nitriles is 1. The molecule has 2 heterocycles. The second-order valence-electron chi connectivity index (χ2n) is 12.3. The minimum atomic E-state index is -0.519. The fourth-order valence-electron chi connectivity index (χ4n) is 5.26. The summed E-state index contributed by atoms with van der Waals surface area (Å²) < 4.78 is 2.04. The number of nitrogens with zero attached hydrogens (tertiary/aromatic N) is 6. The van der Waals surface area contributed by atoms with Gasteiger partial charge in [-0.15, -0.1) is 10.2 Å². The molecule has 1 aromatic heterocycles. The number of benzene rings is 1. The SMILES string of the molecule is CN(c1ccc(C(C)(C)C)cc1)C(C=O)c1nncn1C1CC1.CNC1CCCCC1.N#CN1CC(O)CC1C=O. The van der Waals surface area contributed by atoms with Crippen LogP contribution in [0.3, 0.4) is 0 Å². The van der Waals surface area contributed by atoms with E-state index in [-0.39, 0.29) is 5.41 Å². The number of nitrogens with one attached hydrogen (secondary N) is 1. The summed E-state index contributed by atoms with van der Waals surface area (Å²) in [6, 6.07) is 8.85. The quantitative estimate of drug-likeness (QED) is 0.379. The van der Waals surface area contributed by atoms with Crippen LogP contribution in [0, 0.1) is 11.5 Å². The Kier molecular flexibility index (Phi) is 11.9. The number of hydrogen-bond donors (Lipinski definition) is 2. The molecule has 2 aromatic rings. The Morgan fingerprint density at radius 2 is 1.78 bits per heavy atom. The molecular weight excluding hydrogens is 518 g/mol. The van der Waals surface area contributed by atoms with Crippen molar-refractivity contribution in [1.29, 1.82) is 5.26 Å². The molecule has 0 bridgehead atoms. The molecule has 3 fully saturated rings. The van der Waals surface area contributed by atoms with E-state index in [1.807, 2.05) is 22.7 Å². The highest BCUT2D eigenvalue weighted by Gasteiger charge is 2.31. The zero-order valence-corrected chi connectivity index (χ0v) is 25.2. The van der Waals surface area contributed by atoms with E-state index in [0.717, 1.165) is 36.7 Å². The van der Waals surface area contributed by atoms with Crippen LogP contribution < -0.4 is 10.2 Å². The fraction of sp³-hybridized carbons (Fsp3) is 0.645. The molecule has 10 heteroatoms. The highest BCUT2D eigenvalue weighted by atomic mass is 16.3. The van der Waals surface area contributed by atoms with Crippen LogP contribution in [0.4, 0.5) is 5.69 Å². The lowest BCUT2D eigenvalue weighted by molar-refractivity contribution is -0.111. The van der Waals surface area contributed by atoms with Crippen molar-refractivity contribution in [1.82, 2.24) is 25.0 Å². The number of likely N-dealkylation sites (N-methyl/N-ethyl adjacent to an activating group) is 1. The molecule has 224 valence electrons. The first-order valence-electron chi connectivity index (χ1n) is 14.8. The number of anilines is 1. The highest BCUT2D eigenvalue weighted by Crippen LogP contribution is 2.37. The molecule has 2 aliphatic carbocycles. The molecule has 41 heavy (non-hydrogen) atoms. The van der Waals surface area contributed by atoms with Gasteiger partial charge in [0, 0.05) is 31.2 Å². The number of aldehydes is 2. The van der Waals surface area contributed by atoms with E-state index in [9.17, 15) is 9.59 Å². The van der Waals surface area contributed by atoms with Crippen LogP contribution in [0.1, 0.15) is 95.6 Å². The minimum Gasteiger partial charge on any atom is -0.391 e. The van der Waals surface area contributed by atoms with E-state index in [0.29, 0.717) is 25.3 Å². The van der Waals surface area contributed by atoms with Crippen molar-refractivity contribution in [2.24, 2.45) is 0 Å². The van der Waals surface area contributed by atoms with Crippen LogP contribution in [-0.2, 0) is 15.0 Å². The monoisotopic (exact) mass is 565 g/mol. The largest absolute Gasteiger partial charge is 0.391 e. The summed E-state index contributed by atoms with van der Waals surface area (Å²) in [5.41, 5.74) is 2.40. The first-order chi connectivity index (χ1) is 19.6. The van der Waals surface area contributed by atoms with E-state index in [1.165, 1.54) is 42.6 Å². The van der Waals surface area contributed by atoms with E-state index >= 15 is 0 Å². The number of hydrogen-bond acceptors (Lipinski definition) is 9. The van der Waals surface area contributed by atoms with Gasteiger partial charge >= 0.3 is 0 Å². The number of aliphatic hydroxyl groups excluding tert-OH is 1. The molecule has 2 saturated carbocycles. The van der Waals surface area contributed by atoms with Gasteiger partial charge in [0.25, 0.3) is 0 Å². The molecule has 3 atom stereocenters. The van der Waals surface area contributed by atoms with Crippen LogP contribution in [-0.4, -0.2) is 76.2 Å². The van der Waals surface area contributed by atoms with E-state index in [1.54, 1.807) is 6.33 Å². The average molecular weight is 566 g/mol. The van der Waals surface area contributed by atoms with Crippen molar-refractivity contribution < 1.29 is 14.7 Å². The van der Waals surface area contributed by atoms with Crippen LogP contribution in [0.2, 0.25) is 0 Å². The number of likely N-dealkylation sites (tertiary alicyclic amines) is 1. The maximum absolute atomic E-state index is 11.7. The summed E-state index contributed by atoms with van der Waals surface area (Å²) in [7, 11) is 3.99. The Morgan fingerprint density at radius 3 is 2.24 bits per heavy atom. The summed E-state index contributed by atoms with van der Waals surface area (Å²) in [4.78, 5) is 25.2. The first kappa shape index (κ1) is 32.2. The molecule has 0 radical (unpaired) electrons. The molecule has 1 saturated heterocycles. The van der Waals surface area contributed by atoms with Crippen molar-refractivity contribution >= 4 is 18.3 Å². The van der Waals surface area contributed by atoms with Crippen molar-refractivity contribution in [2.45, 2.75) is 108 Å². The maximum atomic E-state index is 11.7. The Bertz CT molecular complexity index is 1130. The molecule has 1 aromatic carbocycles. The van der Waals surface area contributed by atoms with Gasteiger partial charge in [0.15, 0.2) is 12.0 Å². The second-order valence-corrected chi connectivity index (χ2v) is 12.3. The van der Waals surface area contributed by atoms with Gasteiger partial charge in [0.2, 0.25) is 0 Å². The van der Waals surface area contributed by atoms with Crippen molar-refractivity contribution in [3.63, 3.8) is 0 Å². The highest BCUT2D eigenvalue weighted by molar-refractivity contribution is 5.67. The predicted octanol–water partition coefficient (Wildman–Crippen LogP) is 3.93. The van der Waals surface area contributed by atoms with Crippen molar-refractivity contribution in [3.05, 3.63) is 42.0 Å². The Hall–Kier alpha value is -3.29. The zero-order chi connectivity index (χ0) is 30.0. The summed E-state index contributed by atoms with van der Waals surface area (Å²) in [6.45, 7) is 6.87. The van der Waals surface area contributed by atoms with Crippen LogP contribution in [0.15, 0.2) is 30.6 Å². The maximum Gasteiger partial charge on any atom is 0.180 e. The van der Waals surface area contributed by atoms with Crippen LogP contribution in [0.5, 0.6) is 0 Å². The Morgan fingerprint density at radius 1 is 1.12 bits per heavy atom. The van der Waals surface area contributed by atoms with E-state index in [4.69, 9.17) is 10.4 Å². The second kappa shape index (κ2) is 15.1. The van der Waals surface area contributed by atoms with E-state index in [2.05, 4.69) is 67.6 Å². The topological polar surface area (TPSA) is 127 Å². The van der Waals surface area contributed by atoms with Gasteiger partial charge in [0.05, 0.1) is 18.7 Å². The zero-order valence-electron chi connectivity index (χ0n) is 25.2. The number of aromatic nitrogens is 3. The van der Waals surface area contributed by atoms with Gasteiger partial charge in [-0.25, -0.2) is 0 Å². The van der Waals surface area contributed by atoms with E-state index < -0.39 is 18.2 Å². The molecule has 3 aliphatic rings. The molecule has 1 aliphatic heterocycles. The Labute approximate surface area is 244 Å². The van der Waals surface area contributed by atoms with Gasteiger partial charge in [0.1, 0.15) is 24.9 Å². The third kappa shape index (κ3) is 9.10. The van der Waals surface area contributed by atoms with Gasteiger partial charge in [-0.3, -0.25) is 4.90 Å². The molecular formula is C31H47N7O3. The third-order valence-corrected chi connectivity index (χ3v) is 8.11. The normalized spacial score (nSPS) is 21.4. The van der Waals surface area contributed by atoms with Crippen molar-refractivity contribution in [3.8, 4) is 6.19 Å². The number of rotatable bonds is 7. The fourth-order valence-corrected chi connectivity index (χ4v) is 5.26. The molecule has 5 rings (SSSR count). The molecule has 0 amide bonds. The number of β-amino-alcohol motifs (C(OH)–C–C–N with tert-alkyl or cyclic N) is 1. The summed E-state index contributed by atoms with van der Waals surface area (Å²) >= 11 is 0. The molecule has 2 N–H and O–H groups in total. The lowest BCUT2D eigenvalue weighted by atomic mass is 9.87. The standard InChI is InChI=1S/C18H24N4O.C7H15N.C6H8N2O2/c1-18(2,3)13-5-7-14(8-6-13)21(4)16(11-23)17-20-19-12-22(17)15-9-10-15;1-8-7-5-3-2-4-6-7;7-4-8-2-6(10)1-5(8)3-9/h5-8,11-12,15-16H,9-10H2,1-4H3;7-8H,2-6H2,1H3;3,5-6,10H,1-2H2. The number of aliphatic hydroxyl groups is 1. The smallest absolute Gasteiger partial charge is 0.180 e. The third-order valence-electron chi connectivity index (χ3n) is 8.11. The van der Waals surface area contributed by atoms with Crippen LogP contribution in [0.25, 0.3) is 0 Å². The van der Waals surface area contributed by atoms with Crippen LogP contribution >= 0.6 is 0 Å². The summed E-state index contributed by atoms with van der Waals surface area (Å²) in [5.74, 6) is 0.727. The first-order valence-corrected chi connectivity index (χ1v) is 14.8. The summed E-state index contributed by atoms with van der Waals surface area (Å²) in [5, 5.41) is 28.9. The number of carbonyl (C=O) groups is 2. The van der Waals surface area contributed by atoms with Gasteiger partial charge < -0.3 is 29.5 Å². The summed E-state index contributed by atoms with van der Waals surface area (Å²) in [6.07, 6.45) is 14.5. The lowest BCUT2D eigenvalue weighted by Gasteiger charge is -2.27. The van der Waals surface area contributed by atoms with Gasteiger partial charge in [-0.1, -0.05) is 52.2 Å². The molecule has 3 unspecified atom stereocenters. The molecule has 0 spiro atoms. The minimum absolute atomic E-state index is 0.118. The Balaban J connectivity index is 0.000000210. The predicted molar refractivity (Wildman–Crippen MR) is 159 cm³/mol. The molecule has 10 nitrogen and oxygen atoms in total. The lowest BCUT2D eigenvalue weighted by Crippen LogP contribution is -2.28. The van der Waals surface area contributed by atoms with Crippen molar-refractivity contribution in [2.75, 3.05) is 25.5 Å².